The molecule has 0 radical (unpaired) electrons. The minimum absolute atomic E-state index is 0.636. The van der Waals surface area contributed by atoms with E-state index >= 15 is 0 Å². The summed E-state index contributed by atoms with van der Waals surface area (Å²) in [6, 6.07) is 1.92. The van der Waals surface area contributed by atoms with Gasteiger partial charge in [0.15, 0.2) is 6.29 Å². The van der Waals surface area contributed by atoms with Gasteiger partial charge in [-0.05, 0) is 26.3 Å². The normalized spacial score (nSPS) is 10.8. The Morgan fingerprint density at radius 1 is 1.29 bits per heavy atom. The zero-order valence-corrected chi connectivity index (χ0v) is 10.9. The minimum Gasteiger partial charge on any atom is -0.382 e. The van der Waals surface area contributed by atoms with E-state index in [-0.39, 0.29) is 0 Å². The monoisotopic (exact) mass is 239 g/mol. The van der Waals surface area contributed by atoms with E-state index in [1.165, 1.54) is 0 Å². The Balaban J connectivity index is 2.36. The van der Waals surface area contributed by atoms with Gasteiger partial charge in [0.2, 0.25) is 0 Å². The fourth-order valence-electron chi connectivity index (χ4n) is 1.86. The van der Waals surface area contributed by atoms with Crippen molar-refractivity contribution < 1.29 is 14.3 Å². The first kappa shape index (κ1) is 13.9. The molecule has 0 aliphatic heterocycles. The van der Waals surface area contributed by atoms with Gasteiger partial charge in [0.05, 0.1) is 13.2 Å². The van der Waals surface area contributed by atoms with Crippen LogP contribution in [0.2, 0.25) is 0 Å². The SMILES string of the molecule is COCCOCCCn1c(C)cc(C=O)c1C. The van der Waals surface area contributed by atoms with Crippen molar-refractivity contribution in [3.8, 4) is 0 Å². The standard InChI is InChI=1S/C13H21NO3/c1-11-9-13(10-15)12(2)14(11)5-4-6-17-8-7-16-3/h9-10H,4-8H2,1-3H3. The summed E-state index contributed by atoms with van der Waals surface area (Å²) >= 11 is 0. The average molecular weight is 239 g/mol. The van der Waals surface area contributed by atoms with Crippen LogP contribution in [0.3, 0.4) is 0 Å². The first-order valence-electron chi connectivity index (χ1n) is 5.89. The van der Waals surface area contributed by atoms with Gasteiger partial charge in [0.1, 0.15) is 0 Å². The van der Waals surface area contributed by atoms with Gasteiger partial charge in [-0.3, -0.25) is 4.79 Å². The van der Waals surface area contributed by atoms with Gasteiger partial charge in [-0.2, -0.15) is 0 Å². The Morgan fingerprint density at radius 2 is 2.06 bits per heavy atom. The Hall–Kier alpha value is -1.13. The number of ether oxygens (including phenoxy) is 2. The molecule has 96 valence electrons. The van der Waals surface area contributed by atoms with Gasteiger partial charge in [0, 0.05) is 37.2 Å². The molecule has 0 fully saturated rings. The van der Waals surface area contributed by atoms with E-state index in [0.717, 1.165) is 42.8 Å². The zero-order valence-electron chi connectivity index (χ0n) is 10.9. The fourth-order valence-corrected chi connectivity index (χ4v) is 1.86. The number of aryl methyl sites for hydroxylation is 1. The molecular weight excluding hydrogens is 218 g/mol. The van der Waals surface area contributed by atoms with Gasteiger partial charge in [-0.25, -0.2) is 0 Å². The molecule has 0 aliphatic rings. The number of aromatic nitrogens is 1. The molecule has 0 aliphatic carbocycles. The van der Waals surface area contributed by atoms with Crippen LogP contribution in [0.15, 0.2) is 6.07 Å². The van der Waals surface area contributed by atoms with Crippen molar-refractivity contribution in [2.45, 2.75) is 26.8 Å². The summed E-state index contributed by atoms with van der Waals surface area (Å²) in [6.45, 7) is 6.88. The van der Waals surface area contributed by atoms with Crippen LogP contribution in [0.4, 0.5) is 0 Å². The molecule has 0 atom stereocenters. The van der Waals surface area contributed by atoms with Crippen LogP contribution in [0.1, 0.15) is 28.2 Å². The number of aldehydes is 1. The topological polar surface area (TPSA) is 40.5 Å². The molecule has 0 spiro atoms. The van der Waals surface area contributed by atoms with Crippen molar-refractivity contribution in [2.24, 2.45) is 0 Å². The van der Waals surface area contributed by atoms with Crippen LogP contribution in [0, 0.1) is 13.8 Å². The Labute approximate surface area is 103 Å². The lowest BCUT2D eigenvalue weighted by atomic mass is 10.3. The first-order chi connectivity index (χ1) is 8.20. The highest BCUT2D eigenvalue weighted by Crippen LogP contribution is 2.13. The van der Waals surface area contributed by atoms with Crippen LogP contribution < -0.4 is 0 Å². The van der Waals surface area contributed by atoms with Crippen molar-refractivity contribution in [3.05, 3.63) is 23.0 Å². The molecule has 1 aromatic heterocycles. The molecule has 0 N–H and O–H groups in total. The van der Waals surface area contributed by atoms with Crippen molar-refractivity contribution in [1.82, 2.24) is 4.57 Å². The van der Waals surface area contributed by atoms with E-state index in [1.54, 1.807) is 7.11 Å². The van der Waals surface area contributed by atoms with E-state index in [0.29, 0.717) is 13.2 Å². The van der Waals surface area contributed by atoms with E-state index in [1.807, 2.05) is 19.9 Å². The van der Waals surface area contributed by atoms with E-state index < -0.39 is 0 Å². The first-order valence-corrected chi connectivity index (χ1v) is 5.89. The fraction of sp³-hybridized carbons (Fsp3) is 0.615. The Morgan fingerprint density at radius 3 is 2.65 bits per heavy atom. The second-order valence-electron chi connectivity index (χ2n) is 4.05. The summed E-state index contributed by atoms with van der Waals surface area (Å²) < 4.78 is 12.5. The quantitative estimate of drug-likeness (QED) is 0.514. The molecule has 0 saturated heterocycles. The molecule has 4 nitrogen and oxygen atoms in total. The Bertz CT molecular complexity index is 358. The highest BCUT2D eigenvalue weighted by Gasteiger charge is 2.07. The van der Waals surface area contributed by atoms with Gasteiger partial charge >= 0.3 is 0 Å². The van der Waals surface area contributed by atoms with Gasteiger partial charge in [-0.1, -0.05) is 0 Å². The second-order valence-corrected chi connectivity index (χ2v) is 4.05. The number of hydrogen-bond acceptors (Lipinski definition) is 3. The summed E-state index contributed by atoms with van der Waals surface area (Å²) in [4.78, 5) is 10.8. The van der Waals surface area contributed by atoms with Gasteiger partial charge in [0.25, 0.3) is 0 Å². The van der Waals surface area contributed by atoms with E-state index in [9.17, 15) is 4.79 Å². The number of rotatable bonds is 8. The minimum atomic E-state index is 0.636. The largest absolute Gasteiger partial charge is 0.382 e. The molecule has 0 unspecified atom stereocenters. The van der Waals surface area contributed by atoms with Crippen molar-refractivity contribution in [2.75, 3.05) is 26.9 Å². The number of nitrogens with zero attached hydrogens (tertiary/aromatic N) is 1. The Kier molecular flexibility index (Phi) is 5.94. The maximum absolute atomic E-state index is 10.8. The van der Waals surface area contributed by atoms with Crippen molar-refractivity contribution >= 4 is 6.29 Å². The van der Waals surface area contributed by atoms with Crippen molar-refractivity contribution in [1.29, 1.82) is 0 Å². The van der Waals surface area contributed by atoms with Crippen LogP contribution in [0.5, 0.6) is 0 Å². The van der Waals surface area contributed by atoms with E-state index in [2.05, 4.69) is 4.57 Å². The number of carbonyl (C=O) groups excluding carboxylic acids is 1. The number of carbonyl (C=O) groups is 1. The number of hydrogen-bond donors (Lipinski definition) is 0. The molecule has 1 rings (SSSR count). The lowest BCUT2D eigenvalue weighted by Gasteiger charge is -2.09. The maximum atomic E-state index is 10.8. The lowest BCUT2D eigenvalue weighted by Crippen LogP contribution is -2.08. The molecule has 1 heterocycles. The highest BCUT2D eigenvalue weighted by atomic mass is 16.5. The zero-order chi connectivity index (χ0) is 12.7. The molecule has 17 heavy (non-hydrogen) atoms. The van der Waals surface area contributed by atoms with Crippen LogP contribution in [-0.4, -0.2) is 37.8 Å². The summed E-state index contributed by atoms with van der Waals surface area (Å²) in [6.07, 6.45) is 1.85. The third-order valence-corrected chi connectivity index (χ3v) is 2.84. The molecular formula is C13H21NO3. The van der Waals surface area contributed by atoms with Gasteiger partial charge < -0.3 is 14.0 Å². The predicted molar refractivity (Wildman–Crippen MR) is 66.6 cm³/mol. The van der Waals surface area contributed by atoms with Crippen molar-refractivity contribution in [3.63, 3.8) is 0 Å². The maximum Gasteiger partial charge on any atom is 0.151 e. The summed E-state index contributed by atoms with van der Waals surface area (Å²) in [5.41, 5.74) is 2.94. The van der Waals surface area contributed by atoms with Crippen LogP contribution in [-0.2, 0) is 16.0 Å². The smallest absolute Gasteiger partial charge is 0.151 e. The highest BCUT2D eigenvalue weighted by molar-refractivity contribution is 5.77. The third-order valence-electron chi connectivity index (χ3n) is 2.84. The predicted octanol–water partition coefficient (Wildman–Crippen LogP) is 1.97. The summed E-state index contributed by atoms with van der Waals surface area (Å²) in [7, 11) is 1.66. The molecule has 0 aromatic carbocycles. The lowest BCUT2D eigenvalue weighted by molar-refractivity contribution is 0.0679. The molecule has 1 aromatic rings. The van der Waals surface area contributed by atoms with Gasteiger partial charge in [-0.15, -0.1) is 0 Å². The summed E-state index contributed by atoms with van der Waals surface area (Å²) in [5.74, 6) is 0. The molecule has 0 saturated carbocycles. The number of methoxy groups -OCH3 is 1. The average Bonchev–Trinajstić information content (AvgIpc) is 2.60. The molecule has 4 heteroatoms. The third kappa shape index (κ3) is 3.98. The van der Waals surface area contributed by atoms with Crippen LogP contribution in [0.25, 0.3) is 0 Å². The molecule has 0 bridgehead atoms. The summed E-state index contributed by atoms with van der Waals surface area (Å²) in [5, 5.41) is 0. The van der Waals surface area contributed by atoms with E-state index in [4.69, 9.17) is 9.47 Å². The molecule has 0 amide bonds. The second kappa shape index (κ2) is 7.25. The van der Waals surface area contributed by atoms with Crippen LogP contribution >= 0.6 is 0 Å².